The van der Waals surface area contributed by atoms with Gasteiger partial charge in [-0.25, -0.2) is 0 Å². The van der Waals surface area contributed by atoms with E-state index in [1.165, 1.54) is 82.8 Å². The highest BCUT2D eigenvalue weighted by Crippen LogP contribution is 2.61. The van der Waals surface area contributed by atoms with Gasteiger partial charge in [-0.3, -0.25) is 0 Å². The predicted octanol–water partition coefficient (Wildman–Crippen LogP) is 27.5. The molecule has 0 saturated carbocycles. The van der Waals surface area contributed by atoms with Gasteiger partial charge in [0.2, 0.25) is 0 Å². The van der Waals surface area contributed by atoms with E-state index in [4.69, 9.17) is 0 Å². The van der Waals surface area contributed by atoms with Crippen LogP contribution in [0.5, 0.6) is 0 Å². The average Bonchev–Trinajstić information content (AvgIpc) is 1.40. The van der Waals surface area contributed by atoms with Crippen LogP contribution in [0.3, 0.4) is 0 Å². The van der Waals surface area contributed by atoms with E-state index in [0.717, 1.165) is 118 Å². The molecule has 0 N–H and O–H groups in total. The molecule has 0 spiro atoms. The number of nitrogens with zero attached hydrogens (tertiary/aromatic N) is 3. The fraction of sp³-hybridized carbons (Fsp3) is 0.0811. The minimum absolute atomic E-state index is 0.124. The molecule has 21 rings (SSSR count). The molecule has 0 fully saturated rings. The molecule has 4 heteroatoms. The van der Waals surface area contributed by atoms with Gasteiger partial charge >= 0.3 is 0 Å². The monoisotopic (exact) mass is 1470 g/mol. The number of hydrogen-bond donors (Lipinski definition) is 0. The second kappa shape index (κ2) is 27.3. The number of para-hydroxylation sites is 3. The zero-order valence-corrected chi connectivity index (χ0v) is 65.5. The molecule has 0 saturated heterocycles. The van der Waals surface area contributed by atoms with Crippen LogP contribution in [0.4, 0.5) is 34.1 Å². The maximum Gasteiger partial charge on any atom is 0.252 e. The molecule has 0 atom stereocenters. The summed E-state index contributed by atoms with van der Waals surface area (Å²) < 4.78 is 2.52. The second-order valence-electron chi connectivity index (χ2n) is 33.4. The van der Waals surface area contributed by atoms with Gasteiger partial charge in [-0.15, -0.1) is 0 Å². The van der Waals surface area contributed by atoms with Gasteiger partial charge in [-0.05, 0) is 182 Å². The van der Waals surface area contributed by atoms with Crippen LogP contribution < -0.4 is 26.2 Å². The lowest BCUT2D eigenvalue weighted by Gasteiger charge is -2.46. The molecular weight excluding hydrogens is 1390 g/mol. The van der Waals surface area contributed by atoms with Crippen LogP contribution in [-0.4, -0.2) is 11.3 Å². The van der Waals surface area contributed by atoms with E-state index < -0.39 is 5.41 Å². The SMILES string of the molecule is CC(C)(C)c1cc(-c2ccc3c(c2)B2c4ccc(-n5c6ccccc6c6ccccc65)cc4N(c4c(-c5ccccc5)cc(-c5ccccc5)cc4-c4ccccc4)c4cc(-c5cccc6c5C(c5ccccc5)(c5ccccc5)c5ccccc5-6)cc(c42)N3c2c(-c3ccccc3)cccc2-c2ccccc2)cc(C(C)(C)C)c1. The summed E-state index contributed by atoms with van der Waals surface area (Å²) in [6.07, 6.45) is 0. The number of rotatable bonds is 12. The van der Waals surface area contributed by atoms with Crippen LogP contribution in [0, 0.1) is 0 Å². The first kappa shape index (κ1) is 69.2. The van der Waals surface area contributed by atoms with Gasteiger partial charge in [0.15, 0.2) is 0 Å². The number of fused-ring (bicyclic) bond motifs is 10. The third-order valence-corrected chi connectivity index (χ3v) is 24.7. The fourth-order valence-electron chi connectivity index (χ4n) is 19.4. The van der Waals surface area contributed by atoms with Crippen molar-refractivity contribution in [3.05, 3.63) is 434 Å². The Labute approximate surface area is 675 Å². The van der Waals surface area contributed by atoms with E-state index in [2.05, 4.69) is 456 Å². The Kier molecular flexibility index (Phi) is 16.4. The average molecular weight is 1470 g/mol. The van der Waals surface area contributed by atoms with Crippen LogP contribution in [0.15, 0.2) is 400 Å². The van der Waals surface area contributed by atoms with Gasteiger partial charge in [-0.1, -0.05) is 387 Å². The third kappa shape index (κ3) is 11.2. The first-order valence-corrected chi connectivity index (χ1v) is 40.5. The van der Waals surface area contributed by atoms with Crippen molar-refractivity contribution in [1.82, 2.24) is 4.57 Å². The summed E-state index contributed by atoms with van der Waals surface area (Å²) in [7, 11) is 0. The van der Waals surface area contributed by atoms with Gasteiger partial charge < -0.3 is 14.4 Å². The summed E-state index contributed by atoms with van der Waals surface area (Å²) in [6, 6.07) is 152. The molecule has 3 nitrogen and oxygen atoms in total. The Balaban J connectivity index is 0.978. The minimum atomic E-state index is -0.751. The number of aromatic nitrogens is 1. The zero-order chi connectivity index (χ0) is 77.3. The molecule has 0 bridgehead atoms. The molecule has 2 aliphatic heterocycles. The van der Waals surface area contributed by atoms with Crippen molar-refractivity contribution < 1.29 is 0 Å². The number of hydrogen-bond acceptors (Lipinski definition) is 2. The first-order valence-electron chi connectivity index (χ1n) is 40.5. The smallest absolute Gasteiger partial charge is 0.252 e. The maximum atomic E-state index is 2.75. The van der Waals surface area contributed by atoms with Crippen LogP contribution in [0.25, 0.3) is 117 Å². The summed E-state index contributed by atoms with van der Waals surface area (Å²) in [6.45, 7) is 13.8. The molecule has 0 amide bonds. The van der Waals surface area contributed by atoms with E-state index >= 15 is 0 Å². The van der Waals surface area contributed by atoms with Crippen molar-refractivity contribution in [3.63, 3.8) is 0 Å². The van der Waals surface area contributed by atoms with Crippen molar-refractivity contribution in [2.45, 2.75) is 57.8 Å². The summed E-state index contributed by atoms with van der Waals surface area (Å²) in [5.74, 6) is 0. The van der Waals surface area contributed by atoms with E-state index in [1.54, 1.807) is 0 Å². The van der Waals surface area contributed by atoms with Crippen molar-refractivity contribution in [1.29, 1.82) is 0 Å². The molecule has 546 valence electrons. The van der Waals surface area contributed by atoms with Crippen LogP contribution >= 0.6 is 0 Å². The summed E-state index contributed by atoms with van der Waals surface area (Å²) in [5, 5.41) is 2.43. The minimum Gasteiger partial charge on any atom is -0.310 e. The van der Waals surface area contributed by atoms with E-state index in [1.807, 2.05) is 0 Å². The highest BCUT2D eigenvalue weighted by atomic mass is 15.2. The Bertz CT molecular complexity index is 6590. The van der Waals surface area contributed by atoms with E-state index in [-0.39, 0.29) is 17.5 Å². The molecule has 0 unspecified atom stereocenters. The Morgan fingerprint density at radius 3 is 1.19 bits per heavy atom. The molecule has 115 heavy (non-hydrogen) atoms. The highest BCUT2D eigenvalue weighted by molar-refractivity contribution is 7.00. The van der Waals surface area contributed by atoms with Crippen molar-refractivity contribution in [2.24, 2.45) is 0 Å². The maximum absolute atomic E-state index is 2.75. The lowest BCUT2D eigenvalue weighted by Crippen LogP contribution is -2.61. The molecule has 1 aliphatic carbocycles. The Morgan fingerprint density at radius 1 is 0.252 bits per heavy atom. The van der Waals surface area contributed by atoms with Gasteiger partial charge in [-0.2, -0.15) is 0 Å². The van der Waals surface area contributed by atoms with Crippen LogP contribution in [0.1, 0.15) is 74.9 Å². The Morgan fingerprint density at radius 2 is 0.670 bits per heavy atom. The predicted molar refractivity (Wildman–Crippen MR) is 488 cm³/mol. The topological polar surface area (TPSA) is 11.4 Å². The lowest BCUT2D eigenvalue weighted by molar-refractivity contribution is 0.569. The van der Waals surface area contributed by atoms with E-state index in [0.29, 0.717) is 0 Å². The standard InChI is InChI=1S/C111H84BN3/c1-109(2,3)84-64-79(65-85(71-84)110(4,5)6)78-60-63-101-98(68-78)112-97-62-61-86(113-99-58-32-29-51-91(99)92-52-30-33-59-100(92)113)72-102(97)115(108-94(76-42-20-10-21-43-76)66-80(73-36-14-7-15-37-73)67-95(108)77-44-22-11-23-45-77)104-70-81(69-103(106(104)112)114(101)107-88(74-38-16-8-17-39-74)54-35-55-89(107)75-40-18-9-19-41-75)87-53-34-56-93-90-50-28-31-57-96(90)111(105(87)93,82-46-24-12-25-47-82)83-48-26-13-27-49-83/h7-72H,1-6H3. The Hall–Kier alpha value is -13.8. The molecule has 1 aromatic heterocycles. The molecule has 18 aromatic rings. The second-order valence-corrected chi connectivity index (χ2v) is 33.4. The molecule has 3 aliphatic rings. The number of benzene rings is 17. The molecule has 17 aromatic carbocycles. The first-order chi connectivity index (χ1) is 56.3. The van der Waals surface area contributed by atoms with Crippen molar-refractivity contribution in [3.8, 4) is 94.7 Å². The van der Waals surface area contributed by atoms with Crippen LogP contribution in [-0.2, 0) is 16.2 Å². The van der Waals surface area contributed by atoms with Gasteiger partial charge in [0.1, 0.15) is 0 Å². The zero-order valence-electron chi connectivity index (χ0n) is 65.5. The highest BCUT2D eigenvalue weighted by Gasteiger charge is 2.50. The molecule has 0 radical (unpaired) electrons. The normalized spacial score (nSPS) is 13.1. The molecular formula is C111H84BN3. The lowest BCUT2D eigenvalue weighted by atomic mass is 9.33. The van der Waals surface area contributed by atoms with Gasteiger partial charge in [0.05, 0.1) is 27.8 Å². The van der Waals surface area contributed by atoms with E-state index in [9.17, 15) is 0 Å². The summed E-state index contributed by atoms with van der Waals surface area (Å²) in [5.41, 5.74) is 38.5. The fourth-order valence-corrected chi connectivity index (χ4v) is 19.4. The largest absolute Gasteiger partial charge is 0.310 e. The summed E-state index contributed by atoms with van der Waals surface area (Å²) >= 11 is 0. The third-order valence-electron chi connectivity index (χ3n) is 24.7. The van der Waals surface area contributed by atoms with Gasteiger partial charge in [0, 0.05) is 61.5 Å². The summed E-state index contributed by atoms with van der Waals surface area (Å²) in [4.78, 5) is 5.47. The molecule has 3 heterocycles. The quantitative estimate of drug-likeness (QED) is 0.113. The van der Waals surface area contributed by atoms with Crippen LogP contribution in [0.2, 0.25) is 0 Å². The van der Waals surface area contributed by atoms with Crippen molar-refractivity contribution in [2.75, 3.05) is 9.80 Å². The number of anilines is 6. The van der Waals surface area contributed by atoms with Gasteiger partial charge in [0.25, 0.3) is 6.71 Å². The van der Waals surface area contributed by atoms with Crippen molar-refractivity contribution >= 4 is 79.0 Å².